The Bertz CT molecular complexity index is 660. The van der Waals surface area contributed by atoms with Gasteiger partial charge in [0.1, 0.15) is 0 Å². The highest BCUT2D eigenvalue weighted by atomic mass is 19.1. The summed E-state index contributed by atoms with van der Waals surface area (Å²) in [6.45, 7) is 3.08. The summed E-state index contributed by atoms with van der Waals surface area (Å²) in [6, 6.07) is 5.14. The van der Waals surface area contributed by atoms with E-state index in [1.807, 2.05) is 0 Å². The predicted molar refractivity (Wildman–Crippen MR) is 85.2 cm³/mol. The Morgan fingerprint density at radius 2 is 1.88 bits per heavy atom. The normalized spacial score (nSPS) is 20.8. The minimum absolute atomic E-state index is 0.0817. The average Bonchev–Trinajstić information content (AvgIpc) is 2.97. The second-order valence-electron chi connectivity index (χ2n) is 6.44. The van der Waals surface area contributed by atoms with Gasteiger partial charge in [0.25, 0.3) is 0 Å². The number of carbonyl (C=O) groups excluding carboxylic acids is 1. The van der Waals surface area contributed by atoms with Crippen LogP contribution in [0.15, 0.2) is 18.2 Å². The summed E-state index contributed by atoms with van der Waals surface area (Å²) in [4.78, 5) is 25.1. The number of benzene rings is 1. The molecule has 0 saturated carbocycles. The maximum atomic E-state index is 14.2. The zero-order chi connectivity index (χ0) is 18.1. The van der Waals surface area contributed by atoms with Crippen molar-refractivity contribution in [3.8, 4) is 11.5 Å². The molecular weight excluding hydrogens is 317 g/mol. The molecule has 1 aromatic rings. The molecule has 1 amide bonds. The highest BCUT2D eigenvalue weighted by Gasteiger charge is 2.49. The summed E-state index contributed by atoms with van der Waals surface area (Å²) in [5.74, 6) is -0.820. The molecule has 0 bridgehead atoms. The Kier molecular flexibility index (Phi) is 4.73. The van der Waals surface area contributed by atoms with Crippen molar-refractivity contribution in [2.75, 3.05) is 27.3 Å². The Morgan fingerprint density at radius 1 is 1.25 bits per heavy atom. The molecule has 1 fully saturated rings. The van der Waals surface area contributed by atoms with E-state index in [9.17, 15) is 14.0 Å². The van der Waals surface area contributed by atoms with Crippen molar-refractivity contribution in [2.45, 2.75) is 31.4 Å². The summed E-state index contributed by atoms with van der Waals surface area (Å²) in [5, 5.41) is 8.97. The number of carboxylic acid groups (broad SMARTS) is 1. The molecule has 1 aromatic carbocycles. The van der Waals surface area contributed by atoms with Gasteiger partial charge in [-0.1, -0.05) is 6.07 Å². The maximum Gasteiger partial charge on any atom is 0.343 e. The molecule has 1 aliphatic heterocycles. The van der Waals surface area contributed by atoms with E-state index < -0.39 is 23.6 Å². The molecule has 1 aliphatic rings. The van der Waals surface area contributed by atoms with Crippen molar-refractivity contribution in [1.82, 2.24) is 4.90 Å². The van der Waals surface area contributed by atoms with Crippen LogP contribution in [0, 0.1) is 0 Å². The van der Waals surface area contributed by atoms with Crippen molar-refractivity contribution in [3.05, 3.63) is 23.8 Å². The van der Waals surface area contributed by atoms with Crippen LogP contribution in [0.25, 0.3) is 0 Å². The van der Waals surface area contributed by atoms with E-state index >= 15 is 0 Å². The van der Waals surface area contributed by atoms with Crippen molar-refractivity contribution >= 4 is 11.9 Å². The number of carbonyl (C=O) groups is 2. The maximum absolute atomic E-state index is 14.2. The van der Waals surface area contributed by atoms with E-state index in [1.54, 1.807) is 32.0 Å². The number of aliphatic carboxylic acids is 1. The van der Waals surface area contributed by atoms with Gasteiger partial charge >= 0.3 is 5.97 Å². The number of ether oxygens (including phenoxy) is 2. The van der Waals surface area contributed by atoms with E-state index in [2.05, 4.69) is 0 Å². The lowest BCUT2D eigenvalue weighted by Gasteiger charge is -2.30. The molecule has 1 heterocycles. The van der Waals surface area contributed by atoms with Gasteiger partial charge in [-0.05, 0) is 31.5 Å². The molecule has 1 saturated heterocycles. The van der Waals surface area contributed by atoms with E-state index in [0.29, 0.717) is 17.1 Å². The van der Waals surface area contributed by atoms with Gasteiger partial charge in [-0.3, -0.25) is 4.79 Å². The Labute approximate surface area is 140 Å². The van der Waals surface area contributed by atoms with Crippen molar-refractivity contribution < 1.29 is 28.6 Å². The van der Waals surface area contributed by atoms with Crippen LogP contribution in [0.2, 0.25) is 0 Å². The second-order valence-corrected chi connectivity index (χ2v) is 6.44. The molecule has 1 unspecified atom stereocenters. The molecule has 1 atom stereocenters. The largest absolute Gasteiger partial charge is 0.493 e. The highest BCUT2D eigenvalue weighted by Crippen LogP contribution is 2.36. The number of hydrogen-bond donors (Lipinski definition) is 1. The fraction of sp³-hybridized carbons (Fsp3) is 0.529. The van der Waals surface area contributed by atoms with E-state index in [4.69, 9.17) is 14.6 Å². The van der Waals surface area contributed by atoms with E-state index in [1.165, 1.54) is 19.1 Å². The molecule has 7 heteroatoms. The van der Waals surface area contributed by atoms with Crippen LogP contribution in [0.4, 0.5) is 4.39 Å². The number of nitrogens with zero attached hydrogens (tertiary/aromatic N) is 1. The lowest BCUT2D eigenvalue weighted by molar-refractivity contribution is -0.150. The van der Waals surface area contributed by atoms with Crippen molar-refractivity contribution in [1.29, 1.82) is 0 Å². The first-order chi connectivity index (χ1) is 11.2. The molecular formula is C17H22FNO5. The Balaban J connectivity index is 2.27. The molecule has 132 valence electrons. The predicted octanol–water partition coefficient (Wildman–Crippen LogP) is 2.01. The molecule has 0 aromatic heterocycles. The first-order valence-electron chi connectivity index (χ1n) is 7.60. The summed E-state index contributed by atoms with van der Waals surface area (Å²) < 4.78 is 24.7. The number of likely N-dealkylation sites (tertiary alicyclic amines) is 1. The molecule has 1 N–H and O–H groups in total. The van der Waals surface area contributed by atoms with Gasteiger partial charge in [0.2, 0.25) is 11.6 Å². The van der Waals surface area contributed by atoms with Crippen molar-refractivity contribution in [3.63, 3.8) is 0 Å². The van der Waals surface area contributed by atoms with Crippen LogP contribution in [-0.4, -0.2) is 54.9 Å². The van der Waals surface area contributed by atoms with E-state index in [-0.39, 0.29) is 18.9 Å². The van der Waals surface area contributed by atoms with Crippen LogP contribution >= 0.6 is 0 Å². The summed E-state index contributed by atoms with van der Waals surface area (Å²) in [5.41, 5.74) is -2.65. The first-order valence-corrected chi connectivity index (χ1v) is 7.60. The van der Waals surface area contributed by atoms with Crippen molar-refractivity contribution in [2.24, 2.45) is 0 Å². The Morgan fingerprint density at radius 3 is 2.38 bits per heavy atom. The third-order valence-corrected chi connectivity index (χ3v) is 4.53. The highest BCUT2D eigenvalue weighted by molar-refractivity contribution is 5.89. The number of rotatable bonds is 5. The van der Waals surface area contributed by atoms with Crippen LogP contribution in [0.5, 0.6) is 11.5 Å². The Hall–Kier alpha value is -2.31. The summed E-state index contributed by atoms with van der Waals surface area (Å²) >= 11 is 0. The van der Waals surface area contributed by atoms with Gasteiger partial charge in [0, 0.05) is 13.0 Å². The van der Waals surface area contributed by atoms with Crippen LogP contribution in [0.1, 0.15) is 25.8 Å². The quantitative estimate of drug-likeness (QED) is 0.888. The van der Waals surface area contributed by atoms with Gasteiger partial charge in [0.05, 0.1) is 26.2 Å². The SMILES string of the molecule is COc1ccc(C(C)(C)C(=O)N2CCC(F)(C(=O)O)C2)cc1OC. The zero-order valence-electron chi connectivity index (χ0n) is 14.3. The molecule has 0 spiro atoms. The summed E-state index contributed by atoms with van der Waals surface area (Å²) in [7, 11) is 3.02. The minimum atomic E-state index is -2.37. The van der Waals surface area contributed by atoms with Crippen LogP contribution < -0.4 is 9.47 Å². The fourth-order valence-corrected chi connectivity index (χ4v) is 2.86. The van der Waals surface area contributed by atoms with Crippen LogP contribution in [-0.2, 0) is 15.0 Å². The number of halogens is 1. The second kappa shape index (κ2) is 6.30. The van der Waals surface area contributed by atoms with Gasteiger partial charge in [-0.25, -0.2) is 9.18 Å². The third kappa shape index (κ3) is 3.02. The van der Waals surface area contributed by atoms with Gasteiger partial charge in [0.15, 0.2) is 11.5 Å². The smallest absolute Gasteiger partial charge is 0.343 e. The average molecular weight is 339 g/mol. The molecule has 6 nitrogen and oxygen atoms in total. The zero-order valence-corrected chi connectivity index (χ0v) is 14.3. The molecule has 24 heavy (non-hydrogen) atoms. The monoisotopic (exact) mass is 339 g/mol. The number of methoxy groups -OCH3 is 2. The lowest BCUT2D eigenvalue weighted by atomic mass is 9.83. The number of hydrogen-bond acceptors (Lipinski definition) is 4. The lowest BCUT2D eigenvalue weighted by Crippen LogP contribution is -2.45. The number of carboxylic acids is 1. The standard InChI is InChI=1S/C17H22FNO5/c1-16(2,11-5-6-12(23-3)13(9-11)24-4)14(20)19-8-7-17(18,10-19)15(21)22/h5-6,9H,7-8,10H2,1-4H3,(H,21,22). The fourth-order valence-electron chi connectivity index (χ4n) is 2.86. The molecule has 0 aliphatic carbocycles. The molecule has 2 rings (SSSR count). The van der Waals surface area contributed by atoms with Gasteiger partial charge < -0.3 is 19.5 Å². The number of alkyl halides is 1. The molecule has 0 radical (unpaired) electrons. The third-order valence-electron chi connectivity index (χ3n) is 4.53. The summed E-state index contributed by atoms with van der Waals surface area (Å²) in [6.07, 6.45) is -0.198. The number of amides is 1. The topological polar surface area (TPSA) is 76.1 Å². The minimum Gasteiger partial charge on any atom is -0.493 e. The van der Waals surface area contributed by atoms with Gasteiger partial charge in [-0.15, -0.1) is 0 Å². The van der Waals surface area contributed by atoms with E-state index in [0.717, 1.165) is 0 Å². The first kappa shape index (κ1) is 18.0. The van der Waals surface area contributed by atoms with Crippen LogP contribution in [0.3, 0.4) is 0 Å². The van der Waals surface area contributed by atoms with Gasteiger partial charge in [-0.2, -0.15) is 0 Å².